The number of fused-ring (bicyclic) bond motifs is 1. The van der Waals surface area contributed by atoms with Gasteiger partial charge in [-0.25, -0.2) is 14.1 Å². The number of nitrogens with zero attached hydrogens (tertiary/aromatic N) is 3. The van der Waals surface area contributed by atoms with E-state index in [1.807, 2.05) is 39.0 Å². The van der Waals surface area contributed by atoms with Crippen molar-refractivity contribution in [2.75, 3.05) is 14.2 Å². The lowest BCUT2D eigenvalue weighted by molar-refractivity contribution is 0.0941. The van der Waals surface area contributed by atoms with E-state index in [0.29, 0.717) is 45.2 Å². The molecule has 170 valence electrons. The molecule has 4 aromatic rings. The molecule has 0 radical (unpaired) electrons. The van der Waals surface area contributed by atoms with Gasteiger partial charge >= 0.3 is 0 Å². The average molecular weight is 448 g/mol. The Morgan fingerprint density at radius 3 is 2.39 bits per heavy atom. The van der Waals surface area contributed by atoms with Crippen LogP contribution in [0, 0.1) is 19.7 Å². The predicted molar refractivity (Wildman–Crippen MR) is 124 cm³/mol. The number of pyridine rings is 1. The summed E-state index contributed by atoms with van der Waals surface area (Å²) in [5, 5.41) is 8.28. The molecule has 1 atom stereocenters. The molecule has 0 fully saturated rings. The molecule has 2 aromatic heterocycles. The molecule has 0 bridgehead atoms. The summed E-state index contributed by atoms with van der Waals surface area (Å²) in [7, 11) is 3.15. The molecule has 33 heavy (non-hydrogen) atoms. The minimum atomic E-state index is -0.333. The molecule has 2 heterocycles. The Kier molecular flexibility index (Phi) is 6.00. The zero-order valence-corrected chi connectivity index (χ0v) is 19.1. The van der Waals surface area contributed by atoms with Crippen molar-refractivity contribution >= 4 is 16.9 Å². The first kappa shape index (κ1) is 22.3. The highest BCUT2D eigenvalue weighted by atomic mass is 19.1. The number of ether oxygens (including phenoxy) is 2. The first-order valence-electron chi connectivity index (χ1n) is 10.5. The highest BCUT2D eigenvalue weighted by Gasteiger charge is 2.21. The van der Waals surface area contributed by atoms with Crippen LogP contribution in [0.3, 0.4) is 0 Å². The number of nitrogens with one attached hydrogen (secondary N) is 1. The monoisotopic (exact) mass is 448 g/mol. The highest BCUT2D eigenvalue weighted by molar-refractivity contribution is 6.07. The first-order chi connectivity index (χ1) is 15.8. The molecule has 0 unspecified atom stereocenters. The molecule has 8 heteroatoms. The second-order valence-corrected chi connectivity index (χ2v) is 7.79. The van der Waals surface area contributed by atoms with E-state index in [2.05, 4.69) is 15.4 Å². The third-order valence-corrected chi connectivity index (χ3v) is 5.51. The Labute approximate surface area is 191 Å². The Hall–Kier alpha value is -3.94. The topological polar surface area (TPSA) is 78.3 Å². The number of hydrogen-bond acceptors (Lipinski definition) is 5. The van der Waals surface area contributed by atoms with Gasteiger partial charge in [-0.05, 0) is 68.8 Å². The fourth-order valence-corrected chi connectivity index (χ4v) is 3.84. The van der Waals surface area contributed by atoms with Gasteiger partial charge in [-0.2, -0.15) is 5.10 Å². The van der Waals surface area contributed by atoms with Gasteiger partial charge in [0, 0.05) is 5.69 Å². The number of aryl methyl sites for hydroxylation is 2. The largest absolute Gasteiger partial charge is 0.493 e. The van der Waals surface area contributed by atoms with Crippen molar-refractivity contribution in [1.82, 2.24) is 20.1 Å². The van der Waals surface area contributed by atoms with Crippen molar-refractivity contribution in [3.8, 4) is 17.2 Å². The van der Waals surface area contributed by atoms with E-state index >= 15 is 0 Å². The van der Waals surface area contributed by atoms with Gasteiger partial charge in [-0.15, -0.1) is 0 Å². The minimum absolute atomic E-state index is 0.241. The van der Waals surface area contributed by atoms with Crippen LogP contribution in [-0.2, 0) is 0 Å². The molecule has 0 saturated carbocycles. The molecule has 2 aromatic carbocycles. The van der Waals surface area contributed by atoms with Crippen LogP contribution in [0.25, 0.3) is 16.7 Å². The molecule has 7 nitrogen and oxygen atoms in total. The van der Waals surface area contributed by atoms with E-state index in [-0.39, 0.29) is 17.8 Å². The number of methoxy groups -OCH3 is 2. The van der Waals surface area contributed by atoms with Gasteiger partial charge in [0.15, 0.2) is 17.1 Å². The maximum atomic E-state index is 13.4. The number of halogens is 1. The van der Waals surface area contributed by atoms with Crippen molar-refractivity contribution in [2.45, 2.75) is 26.8 Å². The zero-order chi connectivity index (χ0) is 23.7. The van der Waals surface area contributed by atoms with Crippen LogP contribution < -0.4 is 14.8 Å². The van der Waals surface area contributed by atoms with Gasteiger partial charge in [-0.3, -0.25) is 4.79 Å². The summed E-state index contributed by atoms with van der Waals surface area (Å²) in [5.74, 6) is 0.638. The van der Waals surface area contributed by atoms with E-state index in [0.717, 1.165) is 5.56 Å². The van der Waals surface area contributed by atoms with Crippen LogP contribution >= 0.6 is 0 Å². The smallest absolute Gasteiger partial charge is 0.252 e. The van der Waals surface area contributed by atoms with Gasteiger partial charge in [0.2, 0.25) is 0 Å². The van der Waals surface area contributed by atoms with Gasteiger partial charge in [-0.1, -0.05) is 6.07 Å². The molecule has 0 aliphatic carbocycles. The number of hydrogen-bond donors (Lipinski definition) is 1. The third-order valence-electron chi connectivity index (χ3n) is 5.51. The number of carbonyl (C=O) groups is 1. The van der Waals surface area contributed by atoms with Gasteiger partial charge in [0.05, 0.1) is 42.6 Å². The Bertz CT molecular complexity index is 1330. The summed E-state index contributed by atoms with van der Waals surface area (Å²) >= 11 is 0. The van der Waals surface area contributed by atoms with Gasteiger partial charge in [0.1, 0.15) is 5.82 Å². The standard InChI is InChI=1S/C25H25FN4O3/c1-14-12-20(25(31)28-15(2)17-6-11-21(32-4)22(13-17)33-5)23-16(3)29-30(24(23)27-14)19-9-7-18(26)8-10-19/h6-13,15H,1-5H3,(H,28,31)/t15-/m1/s1. The van der Waals surface area contributed by atoms with Gasteiger partial charge in [0.25, 0.3) is 5.91 Å². The van der Waals surface area contributed by atoms with E-state index in [4.69, 9.17) is 9.47 Å². The molecular formula is C25H25FN4O3. The van der Waals surface area contributed by atoms with Crippen LogP contribution in [0.1, 0.15) is 40.3 Å². The number of aromatic nitrogens is 3. The minimum Gasteiger partial charge on any atom is -0.493 e. The van der Waals surface area contributed by atoms with Crippen LogP contribution in [0.2, 0.25) is 0 Å². The molecule has 0 spiro atoms. The van der Waals surface area contributed by atoms with Crippen molar-refractivity contribution in [1.29, 1.82) is 0 Å². The summed E-state index contributed by atoms with van der Waals surface area (Å²) in [6, 6.07) is 13.0. The highest BCUT2D eigenvalue weighted by Crippen LogP contribution is 2.30. The van der Waals surface area contributed by atoms with E-state index in [1.54, 1.807) is 37.1 Å². The Morgan fingerprint density at radius 2 is 1.73 bits per heavy atom. The van der Waals surface area contributed by atoms with Crippen molar-refractivity contribution in [3.05, 3.63) is 76.9 Å². The summed E-state index contributed by atoms with van der Waals surface area (Å²) in [5.41, 5.74) is 3.90. The fourth-order valence-electron chi connectivity index (χ4n) is 3.84. The number of rotatable bonds is 6. The summed E-state index contributed by atoms with van der Waals surface area (Å²) in [6.45, 7) is 5.55. The maximum absolute atomic E-state index is 13.4. The quantitative estimate of drug-likeness (QED) is 0.463. The van der Waals surface area contributed by atoms with E-state index in [1.165, 1.54) is 12.1 Å². The molecule has 1 amide bonds. The Morgan fingerprint density at radius 1 is 1.03 bits per heavy atom. The summed E-state index contributed by atoms with van der Waals surface area (Å²) in [4.78, 5) is 17.9. The molecule has 0 saturated heterocycles. The van der Waals surface area contributed by atoms with Crippen LogP contribution in [0.15, 0.2) is 48.5 Å². The lowest BCUT2D eigenvalue weighted by Gasteiger charge is -2.17. The van der Waals surface area contributed by atoms with Crippen molar-refractivity contribution in [2.24, 2.45) is 0 Å². The predicted octanol–water partition coefficient (Wildman–Crippen LogP) is 4.68. The molecule has 1 N–H and O–H groups in total. The molecule has 0 aliphatic heterocycles. The van der Waals surface area contributed by atoms with Crippen molar-refractivity contribution in [3.63, 3.8) is 0 Å². The molecular weight excluding hydrogens is 423 g/mol. The summed E-state index contributed by atoms with van der Waals surface area (Å²) < 4.78 is 25.7. The van der Waals surface area contributed by atoms with Crippen LogP contribution in [0.5, 0.6) is 11.5 Å². The third kappa shape index (κ3) is 4.24. The van der Waals surface area contributed by atoms with Crippen molar-refractivity contribution < 1.29 is 18.7 Å². The number of benzene rings is 2. The van der Waals surface area contributed by atoms with Crippen LogP contribution in [-0.4, -0.2) is 34.9 Å². The lowest BCUT2D eigenvalue weighted by atomic mass is 10.1. The average Bonchev–Trinajstić information content (AvgIpc) is 3.14. The van der Waals surface area contributed by atoms with Gasteiger partial charge < -0.3 is 14.8 Å². The van der Waals surface area contributed by atoms with E-state index in [9.17, 15) is 9.18 Å². The second kappa shape index (κ2) is 8.90. The molecule has 0 aliphatic rings. The van der Waals surface area contributed by atoms with E-state index < -0.39 is 0 Å². The number of carbonyl (C=O) groups excluding carboxylic acids is 1. The fraction of sp³-hybridized carbons (Fsp3) is 0.240. The lowest BCUT2D eigenvalue weighted by Crippen LogP contribution is -2.27. The number of amides is 1. The first-order valence-corrected chi connectivity index (χ1v) is 10.5. The maximum Gasteiger partial charge on any atom is 0.252 e. The van der Waals surface area contributed by atoms with Crippen LogP contribution in [0.4, 0.5) is 4.39 Å². The normalized spacial score (nSPS) is 11.9. The SMILES string of the molecule is COc1ccc([C@@H](C)NC(=O)c2cc(C)nc3c2c(C)nn3-c2ccc(F)cc2)cc1OC. The zero-order valence-electron chi connectivity index (χ0n) is 19.1. The molecule has 4 rings (SSSR count). The second-order valence-electron chi connectivity index (χ2n) is 7.79. The summed E-state index contributed by atoms with van der Waals surface area (Å²) in [6.07, 6.45) is 0. The Balaban J connectivity index is 1.71.